The number of hydrogen-bond acceptors (Lipinski definition) is 4. The number of carbonyl (C=O) groups is 1. The number of ether oxygens (including phenoxy) is 2. The molecular weight excluding hydrogens is 352 g/mol. The van der Waals surface area contributed by atoms with E-state index in [0.29, 0.717) is 6.61 Å². The Kier molecular flexibility index (Phi) is 5.81. The maximum Gasteiger partial charge on any atom is 0.410 e. The number of nitrogens with zero attached hydrogens (tertiary/aromatic N) is 2. The molecule has 0 aromatic heterocycles. The van der Waals surface area contributed by atoms with E-state index in [1.807, 2.05) is 37.4 Å². The minimum Gasteiger partial charge on any atom is -0.445 e. The van der Waals surface area contributed by atoms with Crippen molar-refractivity contribution in [1.82, 2.24) is 4.90 Å². The second-order valence-corrected chi connectivity index (χ2v) is 7.54. The summed E-state index contributed by atoms with van der Waals surface area (Å²) >= 11 is 0. The molecule has 2 aliphatic rings. The number of rotatable bonds is 4. The van der Waals surface area contributed by atoms with Crippen LogP contribution in [0.5, 0.6) is 0 Å². The van der Waals surface area contributed by atoms with Crippen LogP contribution >= 0.6 is 0 Å². The molecule has 0 radical (unpaired) electrons. The Hall–Kier alpha value is -2.53. The van der Waals surface area contributed by atoms with Gasteiger partial charge >= 0.3 is 6.09 Å². The van der Waals surface area contributed by atoms with Crippen LogP contribution in [0.2, 0.25) is 0 Å². The summed E-state index contributed by atoms with van der Waals surface area (Å²) in [5.74, 6) is 0. The Labute approximate surface area is 166 Å². The molecule has 0 spiro atoms. The molecule has 1 heterocycles. The molecule has 5 heteroatoms. The highest BCUT2D eigenvalue weighted by molar-refractivity contribution is 5.68. The lowest BCUT2D eigenvalue weighted by atomic mass is 9.86. The van der Waals surface area contributed by atoms with E-state index in [9.17, 15) is 4.79 Å². The fourth-order valence-electron chi connectivity index (χ4n) is 4.13. The first-order valence-electron chi connectivity index (χ1n) is 10.1. The zero-order valence-corrected chi connectivity index (χ0v) is 16.5. The third-order valence-electron chi connectivity index (χ3n) is 5.75. The first kappa shape index (κ1) is 18.8. The van der Waals surface area contributed by atoms with Crippen molar-refractivity contribution in [2.45, 2.75) is 31.9 Å². The van der Waals surface area contributed by atoms with Gasteiger partial charge in [0.25, 0.3) is 0 Å². The normalized spacial score (nSPS) is 19.0. The molecular formula is C23H28N2O3. The number of morpholine rings is 1. The molecule has 1 aliphatic heterocycles. The molecule has 2 aromatic rings. The van der Waals surface area contributed by atoms with Crippen molar-refractivity contribution in [1.29, 1.82) is 0 Å². The van der Waals surface area contributed by atoms with Gasteiger partial charge in [-0.2, -0.15) is 0 Å². The largest absolute Gasteiger partial charge is 0.445 e. The average Bonchev–Trinajstić information content (AvgIpc) is 2.77. The number of carbonyl (C=O) groups excluding carboxylic acids is 1. The predicted octanol–water partition coefficient (Wildman–Crippen LogP) is 4.17. The van der Waals surface area contributed by atoms with E-state index in [1.54, 1.807) is 4.90 Å². The summed E-state index contributed by atoms with van der Waals surface area (Å²) in [5.41, 5.74) is 4.83. The van der Waals surface area contributed by atoms with E-state index in [2.05, 4.69) is 23.1 Å². The number of aryl methyl sites for hydroxylation is 1. The zero-order chi connectivity index (χ0) is 19.3. The SMILES string of the molecule is CN(C(=O)OCc1ccccc1)C1CCCc2ccc(N3CCOCC3)cc21. The summed E-state index contributed by atoms with van der Waals surface area (Å²) in [6, 6.07) is 16.6. The van der Waals surface area contributed by atoms with Gasteiger partial charge in [0.2, 0.25) is 0 Å². The second-order valence-electron chi connectivity index (χ2n) is 7.54. The summed E-state index contributed by atoms with van der Waals surface area (Å²) < 4.78 is 11.0. The highest BCUT2D eigenvalue weighted by atomic mass is 16.6. The minimum atomic E-state index is -0.265. The number of benzene rings is 2. The van der Waals surface area contributed by atoms with Crippen LogP contribution < -0.4 is 4.90 Å². The topological polar surface area (TPSA) is 42.0 Å². The number of anilines is 1. The van der Waals surface area contributed by atoms with E-state index < -0.39 is 0 Å². The van der Waals surface area contributed by atoms with E-state index >= 15 is 0 Å². The number of hydrogen-bond donors (Lipinski definition) is 0. The molecule has 1 aliphatic carbocycles. The van der Waals surface area contributed by atoms with Crippen molar-refractivity contribution < 1.29 is 14.3 Å². The lowest BCUT2D eigenvalue weighted by Gasteiger charge is -2.35. The summed E-state index contributed by atoms with van der Waals surface area (Å²) in [5, 5.41) is 0. The summed E-state index contributed by atoms with van der Waals surface area (Å²) in [6.45, 7) is 3.67. The molecule has 2 aromatic carbocycles. The standard InChI is InChI=1S/C23H28N2O3/c1-24(23(26)28-17-18-6-3-2-4-7-18)22-9-5-8-19-10-11-20(16-21(19)22)25-12-14-27-15-13-25/h2-4,6-7,10-11,16,22H,5,8-9,12-15,17H2,1H3. The van der Waals surface area contributed by atoms with Gasteiger partial charge in [-0.05, 0) is 48.1 Å². The van der Waals surface area contributed by atoms with Crippen LogP contribution in [0.4, 0.5) is 10.5 Å². The lowest BCUT2D eigenvalue weighted by Crippen LogP contribution is -2.37. The number of amides is 1. The van der Waals surface area contributed by atoms with Crippen molar-refractivity contribution in [3.63, 3.8) is 0 Å². The molecule has 4 rings (SSSR count). The maximum absolute atomic E-state index is 12.7. The van der Waals surface area contributed by atoms with Crippen LogP contribution in [-0.4, -0.2) is 44.3 Å². The van der Waals surface area contributed by atoms with Gasteiger partial charge in [0.05, 0.1) is 19.3 Å². The van der Waals surface area contributed by atoms with Crippen molar-refractivity contribution >= 4 is 11.8 Å². The summed E-state index contributed by atoms with van der Waals surface area (Å²) in [7, 11) is 1.86. The fourth-order valence-corrected chi connectivity index (χ4v) is 4.13. The third-order valence-corrected chi connectivity index (χ3v) is 5.75. The molecule has 5 nitrogen and oxygen atoms in total. The van der Waals surface area contributed by atoms with Gasteiger partial charge in [-0.25, -0.2) is 4.79 Å². The highest BCUT2D eigenvalue weighted by Crippen LogP contribution is 2.36. The molecule has 0 N–H and O–H groups in total. The summed E-state index contributed by atoms with van der Waals surface area (Å²) in [6.07, 6.45) is 2.86. The molecule has 148 valence electrons. The molecule has 1 fully saturated rings. The molecule has 1 amide bonds. The van der Waals surface area contributed by atoms with Crippen LogP contribution in [0.1, 0.15) is 35.6 Å². The Morgan fingerprint density at radius 3 is 2.75 bits per heavy atom. The van der Waals surface area contributed by atoms with Crippen LogP contribution in [0.25, 0.3) is 0 Å². The van der Waals surface area contributed by atoms with Crippen molar-refractivity contribution in [2.24, 2.45) is 0 Å². The average molecular weight is 380 g/mol. The monoisotopic (exact) mass is 380 g/mol. The van der Waals surface area contributed by atoms with Gasteiger partial charge in [0.15, 0.2) is 0 Å². The van der Waals surface area contributed by atoms with E-state index in [-0.39, 0.29) is 12.1 Å². The van der Waals surface area contributed by atoms with E-state index in [4.69, 9.17) is 9.47 Å². The first-order valence-corrected chi connectivity index (χ1v) is 10.1. The third kappa shape index (κ3) is 4.14. The Balaban J connectivity index is 1.48. The first-order chi connectivity index (χ1) is 13.7. The molecule has 1 saturated heterocycles. The molecule has 28 heavy (non-hydrogen) atoms. The Bertz CT molecular complexity index is 803. The van der Waals surface area contributed by atoms with Gasteiger partial charge in [-0.3, -0.25) is 0 Å². The fraction of sp³-hybridized carbons (Fsp3) is 0.435. The lowest BCUT2D eigenvalue weighted by molar-refractivity contribution is 0.0876. The van der Waals surface area contributed by atoms with Gasteiger partial charge in [-0.15, -0.1) is 0 Å². The molecule has 1 atom stereocenters. The minimum absolute atomic E-state index is 0.0630. The molecule has 0 saturated carbocycles. The van der Waals surface area contributed by atoms with E-state index in [0.717, 1.165) is 51.1 Å². The van der Waals surface area contributed by atoms with Gasteiger partial charge in [0, 0.05) is 25.8 Å². The van der Waals surface area contributed by atoms with Crippen molar-refractivity contribution in [3.8, 4) is 0 Å². The van der Waals surface area contributed by atoms with Gasteiger partial charge in [-0.1, -0.05) is 36.4 Å². The Morgan fingerprint density at radius 1 is 1.18 bits per heavy atom. The molecule has 1 unspecified atom stereocenters. The maximum atomic E-state index is 12.7. The van der Waals surface area contributed by atoms with Gasteiger partial charge < -0.3 is 19.3 Å². The van der Waals surface area contributed by atoms with Crippen LogP contribution in [-0.2, 0) is 22.5 Å². The quantitative estimate of drug-likeness (QED) is 0.798. The molecule has 0 bridgehead atoms. The van der Waals surface area contributed by atoms with E-state index in [1.165, 1.54) is 16.8 Å². The smallest absolute Gasteiger partial charge is 0.410 e. The van der Waals surface area contributed by atoms with Crippen LogP contribution in [0.3, 0.4) is 0 Å². The van der Waals surface area contributed by atoms with Crippen molar-refractivity contribution in [3.05, 3.63) is 65.2 Å². The Morgan fingerprint density at radius 2 is 1.96 bits per heavy atom. The zero-order valence-electron chi connectivity index (χ0n) is 16.5. The van der Waals surface area contributed by atoms with Crippen LogP contribution in [0.15, 0.2) is 48.5 Å². The second kappa shape index (κ2) is 8.65. The summed E-state index contributed by atoms with van der Waals surface area (Å²) in [4.78, 5) is 16.8. The van der Waals surface area contributed by atoms with Crippen molar-refractivity contribution in [2.75, 3.05) is 38.3 Å². The highest BCUT2D eigenvalue weighted by Gasteiger charge is 2.28. The predicted molar refractivity (Wildman–Crippen MR) is 110 cm³/mol. The number of fused-ring (bicyclic) bond motifs is 1. The van der Waals surface area contributed by atoms with Crippen LogP contribution in [0, 0.1) is 0 Å². The van der Waals surface area contributed by atoms with Gasteiger partial charge in [0.1, 0.15) is 6.61 Å².